The van der Waals surface area contributed by atoms with Crippen LogP contribution in [-0.4, -0.2) is 36.6 Å². The topological polar surface area (TPSA) is 15.3 Å². The Morgan fingerprint density at radius 2 is 2.08 bits per heavy atom. The number of nitrogens with zero attached hydrogens (tertiary/aromatic N) is 1. The quantitative estimate of drug-likeness (QED) is 0.681. The molecule has 1 atom stereocenters. The van der Waals surface area contributed by atoms with Gasteiger partial charge < -0.3 is 5.32 Å². The first-order chi connectivity index (χ1) is 5.92. The fraction of sp³-hybridized carbons (Fsp3) is 1.00. The Bertz CT molecular complexity index is 137. The molecular weight excluding hydrogens is 148 g/mol. The van der Waals surface area contributed by atoms with Gasteiger partial charge in [0.25, 0.3) is 0 Å². The highest BCUT2D eigenvalue weighted by atomic mass is 15.2. The third-order valence-corrected chi connectivity index (χ3v) is 3.41. The van der Waals surface area contributed by atoms with E-state index in [0.717, 1.165) is 12.1 Å². The lowest BCUT2D eigenvalue weighted by atomic mass is 9.90. The van der Waals surface area contributed by atoms with E-state index >= 15 is 0 Å². The van der Waals surface area contributed by atoms with E-state index in [4.69, 9.17) is 0 Å². The highest BCUT2D eigenvalue weighted by Crippen LogP contribution is 2.27. The molecule has 1 saturated heterocycles. The smallest absolute Gasteiger partial charge is 0.0235 e. The van der Waals surface area contributed by atoms with Crippen LogP contribution in [0.4, 0.5) is 0 Å². The van der Waals surface area contributed by atoms with Crippen molar-refractivity contribution in [1.82, 2.24) is 10.2 Å². The van der Waals surface area contributed by atoms with E-state index < -0.39 is 0 Å². The third-order valence-electron chi connectivity index (χ3n) is 3.41. The summed E-state index contributed by atoms with van der Waals surface area (Å²) >= 11 is 0. The first-order valence-electron chi connectivity index (χ1n) is 5.38. The van der Waals surface area contributed by atoms with Gasteiger partial charge in [-0.25, -0.2) is 0 Å². The summed E-state index contributed by atoms with van der Waals surface area (Å²) in [4.78, 5) is 2.71. The highest BCUT2D eigenvalue weighted by molar-refractivity contribution is 4.88. The Kier molecular flexibility index (Phi) is 2.66. The summed E-state index contributed by atoms with van der Waals surface area (Å²) in [6.07, 6.45) is 5.72. The molecule has 0 amide bonds. The van der Waals surface area contributed by atoms with E-state index in [0.29, 0.717) is 0 Å². The molecule has 2 fully saturated rings. The molecule has 1 aliphatic heterocycles. The summed E-state index contributed by atoms with van der Waals surface area (Å²) in [6.45, 7) is 6.01. The average molecular weight is 168 g/mol. The molecule has 70 valence electrons. The summed E-state index contributed by atoms with van der Waals surface area (Å²) < 4.78 is 0. The lowest BCUT2D eigenvalue weighted by molar-refractivity contribution is 0.0935. The molecule has 0 aromatic carbocycles. The minimum atomic E-state index is 0.847. The van der Waals surface area contributed by atoms with Crippen LogP contribution in [-0.2, 0) is 0 Å². The van der Waals surface area contributed by atoms with Crippen molar-refractivity contribution < 1.29 is 0 Å². The first-order valence-corrected chi connectivity index (χ1v) is 5.38. The zero-order valence-corrected chi connectivity index (χ0v) is 8.05. The zero-order valence-electron chi connectivity index (χ0n) is 8.05. The number of nitrogens with one attached hydrogen (secondary N) is 1. The Morgan fingerprint density at radius 1 is 1.25 bits per heavy atom. The highest BCUT2D eigenvalue weighted by Gasteiger charge is 2.30. The predicted molar refractivity (Wildman–Crippen MR) is 51.3 cm³/mol. The fourth-order valence-electron chi connectivity index (χ4n) is 2.46. The van der Waals surface area contributed by atoms with Crippen LogP contribution < -0.4 is 5.32 Å². The molecule has 0 bridgehead atoms. The summed E-state index contributed by atoms with van der Waals surface area (Å²) in [5.74, 6) is 0. The lowest BCUT2D eigenvalue weighted by Gasteiger charge is -2.40. The molecule has 1 saturated carbocycles. The summed E-state index contributed by atoms with van der Waals surface area (Å²) in [7, 11) is 0. The molecule has 1 aliphatic carbocycles. The van der Waals surface area contributed by atoms with Crippen LogP contribution in [0.25, 0.3) is 0 Å². The standard InChI is InChI=1S/C10H20N2/c1-2-12(9-4-3-5-9)10-6-7-11-8-10/h9-11H,2-8H2,1H3. The largest absolute Gasteiger partial charge is 0.315 e. The molecular formula is C10H20N2. The predicted octanol–water partition coefficient (Wildman–Crippen LogP) is 1.22. The van der Waals surface area contributed by atoms with Gasteiger partial charge in [0.15, 0.2) is 0 Å². The normalized spacial score (nSPS) is 31.0. The summed E-state index contributed by atoms with van der Waals surface area (Å²) in [6, 6.07) is 1.78. The average Bonchev–Trinajstić information content (AvgIpc) is 2.47. The Hall–Kier alpha value is -0.0800. The van der Waals surface area contributed by atoms with Crippen molar-refractivity contribution in [3.8, 4) is 0 Å². The van der Waals surface area contributed by atoms with Crippen molar-refractivity contribution in [2.75, 3.05) is 19.6 Å². The van der Waals surface area contributed by atoms with Gasteiger partial charge in [-0.1, -0.05) is 13.3 Å². The number of hydrogen-bond acceptors (Lipinski definition) is 2. The number of rotatable bonds is 3. The molecule has 2 aliphatic rings. The molecule has 0 radical (unpaired) electrons. The van der Waals surface area contributed by atoms with Crippen molar-refractivity contribution in [2.45, 2.75) is 44.7 Å². The maximum Gasteiger partial charge on any atom is 0.0235 e. The van der Waals surface area contributed by atoms with Crippen molar-refractivity contribution in [2.24, 2.45) is 0 Å². The molecule has 2 nitrogen and oxygen atoms in total. The summed E-state index contributed by atoms with van der Waals surface area (Å²) in [5.41, 5.74) is 0. The second kappa shape index (κ2) is 3.75. The van der Waals surface area contributed by atoms with Gasteiger partial charge >= 0.3 is 0 Å². The van der Waals surface area contributed by atoms with Crippen LogP contribution in [0.3, 0.4) is 0 Å². The van der Waals surface area contributed by atoms with Gasteiger partial charge in [-0.3, -0.25) is 4.90 Å². The first kappa shape index (κ1) is 8.52. The van der Waals surface area contributed by atoms with Gasteiger partial charge in [0.2, 0.25) is 0 Å². The van der Waals surface area contributed by atoms with E-state index in [9.17, 15) is 0 Å². The van der Waals surface area contributed by atoms with E-state index in [-0.39, 0.29) is 0 Å². The SMILES string of the molecule is CCN(C1CCC1)C1CCNC1. The van der Waals surface area contributed by atoms with E-state index in [1.54, 1.807) is 0 Å². The Morgan fingerprint density at radius 3 is 2.50 bits per heavy atom. The van der Waals surface area contributed by atoms with Gasteiger partial charge in [0.1, 0.15) is 0 Å². The molecule has 1 unspecified atom stereocenters. The third kappa shape index (κ3) is 1.50. The Labute approximate surface area is 75.3 Å². The van der Waals surface area contributed by atoms with Gasteiger partial charge in [-0.05, 0) is 32.4 Å². The van der Waals surface area contributed by atoms with E-state index in [1.807, 2.05) is 0 Å². The van der Waals surface area contributed by atoms with Crippen LogP contribution in [0.15, 0.2) is 0 Å². The van der Waals surface area contributed by atoms with Crippen molar-refractivity contribution in [3.05, 3.63) is 0 Å². The van der Waals surface area contributed by atoms with Crippen LogP contribution in [0.5, 0.6) is 0 Å². The molecule has 12 heavy (non-hydrogen) atoms. The number of likely N-dealkylation sites (N-methyl/N-ethyl adjacent to an activating group) is 1. The van der Waals surface area contributed by atoms with Gasteiger partial charge in [0.05, 0.1) is 0 Å². The maximum atomic E-state index is 3.45. The van der Waals surface area contributed by atoms with E-state index in [1.165, 1.54) is 45.3 Å². The second-order valence-electron chi connectivity index (χ2n) is 4.06. The second-order valence-corrected chi connectivity index (χ2v) is 4.06. The van der Waals surface area contributed by atoms with Gasteiger partial charge in [0, 0.05) is 18.6 Å². The van der Waals surface area contributed by atoms with Crippen LogP contribution in [0, 0.1) is 0 Å². The Balaban J connectivity index is 1.87. The minimum Gasteiger partial charge on any atom is -0.315 e. The van der Waals surface area contributed by atoms with Crippen molar-refractivity contribution in [1.29, 1.82) is 0 Å². The van der Waals surface area contributed by atoms with Gasteiger partial charge in [-0.2, -0.15) is 0 Å². The summed E-state index contributed by atoms with van der Waals surface area (Å²) in [5, 5.41) is 3.45. The molecule has 2 heteroatoms. The van der Waals surface area contributed by atoms with E-state index in [2.05, 4.69) is 17.1 Å². The molecule has 0 spiro atoms. The van der Waals surface area contributed by atoms with Crippen LogP contribution in [0.1, 0.15) is 32.6 Å². The lowest BCUT2D eigenvalue weighted by Crippen LogP contribution is -2.47. The monoisotopic (exact) mass is 168 g/mol. The molecule has 0 aromatic rings. The molecule has 2 rings (SSSR count). The fourth-order valence-corrected chi connectivity index (χ4v) is 2.46. The molecule has 0 aromatic heterocycles. The van der Waals surface area contributed by atoms with Crippen molar-refractivity contribution in [3.63, 3.8) is 0 Å². The minimum absolute atomic E-state index is 0.847. The van der Waals surface area contributed by atoms with Crippen LogP contribution >= 0.6 is 0 Å². The molecule has 1 N–H and O–H groups in total. The maximum absolute atomic E-state index is 3.45. The zero-order chi connectivity index (χ0) is 8.39. The van der Waals surface area contributed by atoms with Crippen LogP contribution in [0.2, 0.25) is 0 Å². The van der Waals surface area contributed by atoms with Gasteiger partial charge in [-0.15, -0.1) is 0 Å². The molecule has 1 heterocycles. The van der Waals surface area contributed by atoms with Crippen molar-refractivity contribution >= 4 is 0 Å². The number of hydrogen-bond donors (Lipinski definition) is 1.